The maximum atomic E-state index is 12.6. The molecular formula is C14H22N2O5. The first-order chi connectivity index (χ1) is 9.99. The fourth-order valence-corrected chi connectivity index (χ4v) is 2.99. The van der Waals surface area contributed by atoms with E-state index in [4.69, 9.17) is 9.84 Å². The van der Waals surface area contributed by atoms with Crippen LogP contribution in [-0.2, 0) is 19.1 Å². The average Bonchev–Trinajstić information content (AvgIpc) is 2.46. The van der Waals surface area contributed by atoms with E-state index in [1.165, 1.54) is 6.92 Å². The van der Waals surface area contributed by atoms with Gasteiger partial charge in [-0.05, 0) is 12.8 Å². The van der Waals surface area contributed by atoms with Gasteiger partial charge in [0.05, 0.1) is 25.7 Å². The lowest BCUT2D eigenvalue weighted by molar-refractivity contribution is -0.151. The number of morpholine rings is 1. The predicted octanol–water partition coefficient (Wildman–Crippen LogP) is -0.0530. The highest BCUT2D eigenvalue weighted by Gasteiger charge is 2.35. The molecule has 2 aliphatic heterocycles. The number of carbonyl (C=O) groups is 3. The molecule has 7 heteroatoms. The van der Waals surface area contributed by atoms with Crippen molar-refractivity contribution in [1.29, 1.82) is 0 Å². The summed E-state index contributed by atoms with van der Waals surface area (Å²) < 4.78 is 5.29. The molecule has 2 rings (SSSR count). The van der Waals surface area contributed by atoms with Crippen molar-refractivity contribution < 1.29 is 24.2 Å². The third-order valence-electron chi connectivity index (χ3n) is 4.21. The van der Waals surface area contributed by atoms with Gasteiger partial charge in [0.25, 0.3) is 0 Å². The number of rotatable bonds is 3. The molecule has 2 fully saturated rings. The molecule has 2 heterocycles. The molecule has 2 aliphatic rings. The summed E-state index contributed by atoms with van der Waals surface area (Å²) in [5, 5.41) is 8.93. The molecular weight excluding hydrogens is 276 g/mol. The van der Waals surface area contributed by atoms with E-state index in [1.54, 1.807) is 9.80 Å². The molecule has 0 aromatic carbocycles. The molecule has 7 nitrogen and oxygen atoms in total. The smallest absolute Gasteiger partial charge is 0.305 e. The normalized spacial score (nSPS) is 24.0. The van der Waals surface area contributed by atoms with Crippen LogP contribution in [0.3, 0.4) is 0 Å². The Labute approximate surface area is 123 Å². The van der Waals surface area contributed by atoms with Gasteiger partial charge < -0.3 is 19.6 Å². The second-order valence-corrected chi connectivity index (χ2v) is 5.64. The minimum Gasteiger partial charge on any atom is -0.481 e. The molecule has 0 aromatic rings. The first-order valence-corrected chi connectivity index (χ1v) is 7.34. The van der Waals surface area contributed by atoms with Crippen LogP contribution in [0.5, 0.6) is 0 Å². The Morgan fingerprint density at radius 3 is 2.43 bits per heavy atom. The summed E-state index contributed by atoms with van der Waals surface area (Å²) in [4.78, 5) is 38.2. The first kappa shape index (κ1) is 15.8. The summed E-state index contributed by atoms with van der Waals surface area (Å²) in [6.07, 6.45) is 1.21. The second kappa shape index (κ2) is 6.89. The van der Waals surface area contributed by atoms with Gasteiger partial charge in [-0.25, -0.2) is 0 Å². The summed E-state index contributed by atoms with van der Waals surface area (Å²) in [6, 6.07) is -0.380. The molecule has 0 spiro atoms. The first-order valence-electron chi connectivity index (χ1n) is 7.34. The van der Waals surface area contributed by atoms with E-state index < -0.39 is 5.97 Å². The highest BCUT2D eigenvalue weighted by Crippen LogP contribution is 2.22. The molecule has 21 heavy (non-hydrogen) atoms. The molecule has 0 saturated carbocycles. The number of hydrogen-bond acceptors (Lipinski definition) is 4. The van der Waals surface area contributed by atoms with Crippen molar-refractivity contribution in [3.8, 4) is 0 Å². The Kier molecular flexibility index (Phi) is 5.17. The van der Waals surface area contributed by atoms with Gasteiger partial charge in [0.1, 0.15) is 0 Å². The largest absolute Gasteiger partial charge is 0.481 e. The maximum Gasteiger partial charge on any atom is 0.305 e. The number of likely N-dealkylation sites (tertiary alicyclic amines) is 1. The molecule has 1 N–H and O–H groups in total. The Morgan fingerprint density at radius 1 is 1.19 bits per heavy atom. The number of carbonyl (C=O) groups excluding carboxylic acids is 2. The van der Waals surface area contributed by atoms with Gasteiger partial charge in [-0.2, -0.15) is 0 Å². The number of carboxylic acids is 1. The minimum absolute atomic E-state index is 0.00718. The zero-order valence-corrected chi connectivity index (χ0v) is 12.3. The number of hydrogen-bond donors (Lipinski definition) is 1. The van der Waals surface area contributed by atoms with Crippen molar-refractivity contribution in [2.75, 3.05) is 32.8 Å². The molecule has 0 aromatic heterocycles. The molecule has 2 saturated heterocycles. The van der Waals surface area contributed by atoms with Crippen molar-refractivity contribution >= 4 is 17.8 Å². The number of ether oxygens (including phenoxy) is 1. The van der Waals surface area contributed by atoms with E-state index in [2.05, 4.69) is 0 Å². The van der Waals surface area contributed by atoms with Crippen molar-refractivity contribution in [1.82, 2.24) is 9.80 Å². The van der Waals surface area contributed by atoms with Crippen LogP contribution in [0.4, 0.5) is 0 Å². The third kappa shape index (κ3) is 3.93. The fourth-order valence-electron chi connectivity index (χ4n) is 2.99. The molecule has 0 bridgehead atoms. The molecule has 0 radical (unpaired) electrons. The summed E-state index contributed by atoms with van der Waals surface area (Å²) in [6.45, 7) is 3.91. The van der Waals surface area contributed by atoms with Crippen LogP contribution in [0.15, 0.2) is 0 Å². The fraction of sp³-hybridized carbons (Fsp3) is 0.786. The van der Waals surface area contributed by atoms with Crippen LogP contribution in [0, 0.1) is 5.92 Å². The summed E-state index contributed by atoms with van der Waals surface area (Å²) in [5.41, 5.74) is 0. The van der Waals surface area contributed by atoms with Crippen LogP contribution in [-0.4, -0.2) is 71.6 Å². The van der Waals surface area contributed by atoms with Gasteiger partial charge in [-0.3, -0.25) is 14.4 Å². The van der Waals surface area contributed by atoms with Gasteiger partial charge >= 0.3 is 5.97 Å². The minimum atomic E-state index is -0.922. The number of piperidine rings is 1. The standard InChI is InChI=1S/C14H22N2O5/c1-10(17)15-4-2-11(3-5-15)14(20)16-6-7-21-9-12(16)8-13(18)19/h11-12H,2-9H2,1H3,(H,18,19). The van der Waals surface area contributed by atoms with E-state index in [1.807, 2.05) is 0 Å². The number of aliphatic carboxylic acids is 1. The lowest BCUT2D eigenvalue weighted by Gasteiger charge is -2.39. The van der Waals surface area contributed by atoms with Crippen LogP contribution < -0.4 is 0 Å². The average molecular weight is 298 g/mol. The van der Waals surface area contributed by atoms with Gasteiger partial charge in [-0.15, -0.1) is 0 Å². The van der Waals surface area contributed by atoms with Crippen molar-refractivity contribution in [3.63, 3.8) is 0 Å². The van der Waals surface area contributed by atoms with Gasteiger partial charge in [0, 0.05) is 32.5 Å². The summed E-state index contributed by atoms with van der Waals surface area (Å²) >= 11 is 0. The van der Waals surface area contributed by atoms with Crippen molar-refractivity contribution in [2.45, 2.75) is 32.2 Å². The van der Waals surface area contributed by atoms with Gasteiger partial charge in [-0.1, -0.05) is 0 Å². The zero-order chi connectivity index (χ0) is 15.4. The Morgan fingerprint density at radius 2 is 1.86 bits per heavy atom. The molecule has 118 valence electrons. The van der Waals surface area contributed by atoms with Gasteiger partial charge in [0.2, 0.25) is 11.8 Å². The highest BCUT2D eigenvalue weighted by molar-refractivity contribution is 5.81. The topological polar surface area (TPSA) is 87.2 Å². The Hall–Kier alpha value is -1.63. The number of nitrogens with zero attached hydrogens (tertiary/aromatic N) is 2. The predicted molar refractivity (Wildman–Crippen MR) is 73.6 cm³/mol. The van der Waals surface area contributed by atoms with E-state index >= 15 is 0 Å². The van der Waals surface area contributed by atoms with E-state index in [0.29, 0.717) is 39.1 Å². The highest BCUT2D eigenvalue weighted by atomic mass is 16.5. The van der Waals surface area contributed by atoms with Crippen LogP contribution in [0.2, 0.25) is 0 Å². The molecule has 1 atom stereocenters. The third-order valence-corrected chi connectivity index (χ3v) is 4.21. The van der Waals surface area contributed by atoms with Crippen molar-refractivity contribution in [2.24, 2.45) is 5.92 Å². The summed E-state index contributed by atoms with van der Waals surface area (Å²) in [7, 11) is 0. The Bertz CT molecular complexity index is 418. The van der Waals surface area contributed by atoms with Crippen molar-refractivity contribution in [3.05, 3.63) is 0 Å². The zero-order valence-electron chi connectivity index (χ0n) is 12.3. The van der Waals surface area contributed by atoms with Gasteiger partial charge in [0.15, 0.2) is 0 Å². The molecule has 0 aliphatic carbocycles. The summed E-state index contributed by atoms with van der Waals surface area (Å²) in [5.74, 6) is -0.992. The van der Waals surface area contributed by atoms with E-state index in [9.17, 15) is 14.4 Å². The number of carboxylic acid groups (broad SMARTS) is 1. The van der Waals surface area contributed by atoms with E-state index in [0.717, 1.165) is 0 Å². The van der Waals surface area contributed by atoms with Crippen LogP contribution >= 0.6 is 0 Å². The monoisotopic (exact) mass is 298 g/mol. The lowest BCUT2D eigenvalue weighted by Crippen LogP contribution is -2.53. The number of amides is 2. The van der Waals surface area contributed by atoms with Crippen LogP contribution in [0.25, 0.3) is 0 Å². The molecule has 2 amide bonds. The van der Waals surface area contributed by atoms with E-state index in [-0.39, 0.29) is 36.8 Å². The second-order valence-electron chi connectivity index (χ2n) is 5.64. The Balaban J connectivity index is 1.94. The quantitative estimate of drug-likeness (QED) is 0.789. The lowest BCUT2D eigenvalue weighted by atomic mass is 9.94. The maximum absolute atomic E-state index is 12.6. The SMILES string of the molecule is CC(=O)N1CCC(C(=O)N2CCOCC2CC(=O)O)CC1. The van der Waals surface area contributed by atoms with Crippen LogP contribution in [0.1, 0.15) is 26.2 Å². The molecule has 1 unspecified atom stereocenters.